The van der Waals surface area contributed by atoms with Crippen molar-refractivity contribution >= 4 is 11.8 Å². The number of carbonyl (C=O) groups is 2. The fourth-order valence-electron chi connectivity index (χ4n) is 2.08. The molecule has 0 aromatic heterocycles. The van der Waals surface area contributed by atoms with E-state index < -0.39 is 5.41 Å². The van der Waals surface area contributed by atoms with Crippen molar-refractivity contribution in [2.45, 2.75) is 59.3 Å². The third-order valence-corrected chi connectivity index (χ3v) is 3.13. The molecule has 0 radical (unpaired) electrons. The lowest BCUT2D eigenvalue weighted by Crippen LogP contribution is -2.36. The van der Waals surface area contributed by atoms with Crippen molar-refractivity contribution in [2.24, 2.45) is 5.41 Å². The van der Waals surface area contributed by atoms with E-state index in [1.54, 1.807) is 13.8 Å². The first kappa shape index (κ1) is 18.1. The third-order valence-electron chi connectivity index (χ3n) is 3.13. The molecule has 0 heterocycles. The number of methoxy groups -OCH3 is 1. The fourth-order valence-corrected chi connectivity index (χ4v) is 2.08. The van der Waals surface area contributed by atoms with Crippen LogP contribution in [-0.2, 0) is 19.1 Å². The zero-order valence-corrected chi connectivity index (χ0v) is 12.8. The average Bonchev–Trinajstić information content (AvgIpc) is 2.35. The molecule has 0 aliphatic rings. The number of carbonyl (C=O) groups excluding carboxylic acids is 2. The highest BCUT2D eigenvalue weighted by Crippen LogP contribution is 2.25. The molecule has 1 atom stereocenters. The Morgan fingerprint density at radius 3 is 2.32 bits per heavy atom. The van der Waals surface area contributed by atoms with Crippen molar-refractivity contribution in [3.63, 3.8) is 0 Å². The van der Waals surface area contributed by atoms with Crippen molar-refractivity contribution in [3.8, 4) is 0 Å². The van der Waals surface area contributed by atoms with Crippen LogP contribution in [0.25, 0.3) is 0 Å². The van der Waals surface area contributed by atoms with Gasteiger partial charge in [-0.2, -0.15) is 0 Å². The highest BCUT2D eigenvalue weighted by Gasteiger charge is 2.36. The number of hydrogen-bond donors (Lipinski definition) is 0. The summed E-state index contributed by atoms with van der Waals surface area (Å²) in [6.45, 7) is 6.17. The first-order chi connectivity index (χ1) is 9.00. The second-order valence-corrected chi connectivity index (χ2v) is 5.24. The van der Waals surface area contributed by atoms with Gasteiger partial charge in [0.05, 0.1) is 18.6 Å². The van der Waals surface area contributed by atoms with Crippen LogP contribution in [-0.4, -0.2) is 32.1 Å². The van der Waals surface area contributed by atoms with Crippen LogP contribution in [0.4, 0.5) is 0 Å². The molecular weight excluding hydrogens is 244 g/mol. The average molecular weight is 272 g/mol. The highest BCUT2D eigenvalue weighted by molar-refractivity contribution is 5.86. The van der Waals surface area contributed by atoms with E-state index in [0.29, 0.717) is 13.0 Å². The zero-order chi connectivity index (χ0) is 14.7. The molecule has 0 aliphatic carbocycles. The van der Waals surface area contributed by atoms with Crippen LogP contribution >= 0.6 is 0 Å². The van der Waals surface area contributed by atoms with E-state index in [9.17, 15) is 9.59 Å². The lowest BCUT2D eigenvalue weighted by atomic mass is 9.84. The van der Waals surface area contributed by atoms with Gasteiger partial charge >= 0.3 is 5.97 Å². The molecule has 4 nitrogen and oxygen atoms in total. The molecule has 1 unspecified atom stereocenters. The Morgan fingerprint density at radius 1 is 1.11 bits per heavy atom. The second kappa shape index (κ2) is 9.96. The van der Waals surface area contributed by atoms with Crippen LogP contribution in [0.1, 0.15) is 59.3 Å². The predicted molar refractivity (Wildman–Crippen MR) is 75.0 cm³/mol. The fraction of sp³-hybridized carbons (Fsp3) is 0.867. The number of esters is 1. The SMILES string of the molecule is CCCCCCC(=O)CC(C)(COC)C(=O)OCC. The normalized spacial score (nSPS) is 13.9. The minimum atomic E-state index is -0.855. The monoisotopic (exact) mass is 272 g/mol. The number of unbranched alkanes of at least 4 members (excludes halogenated alkanes) is 3. The first-order valence-electron chi connectivity index (χ1n) is 7.18. The van der Waals surface area contributed by atoms with Gasteiger partial charge in [0.25, 0.3) is 0 Å². The molecule has 0 saturated heterocycles. The van der Waals surface area contributed by atoms with E-state index in [1.165, 1.54) is 7.11 Å². The Hall–Kier alpha value is -0.900. The lowest BCUT2D eigenvalue weighted by molar-refractivity contribution is -0.159. The molecule has 4 heteroatoms. The standard InChI is InChI=1S/C15H28O4/c1-5-7-8-9-10-13(16)11-15(3,12-18-4)14(17)19-6-2/h5-12H2,1-4H3. The molecule has 0 saturated carbocycles. The Labute approximate surface area is 116 Å². The molecule has 0 rings (SSSR count). The van der Waals surface area contributed by atoms with Crippen molar-refractivity contribution in [3.05, 3.63) is 0 Å². The van der Waals surface area contributed by atoms with Crippen LogP contribution in [0.5, 0.6) is 0 Å². The van der Waals surface area contributed by atoms with Gasteiger partial charge in [-0.05, 0) is 20.3 Å². The number of ketones is 1. The molecule has 0 fully saturated rings. The van der Waals surface area contributed by atoms with Gasteiger partial charge in [0, 0.05) is 20.0 Å². The Balaban J connectivity index is 4.31. The molecule has 0 spiro atoms. The summed E-state index contributed by atoms with van der Waals surface area (Å²) in [5, 5.41) is 0. The summed E-state index contributed by atoms with van der Waals surface area (Å²) in [6, 6.07) is 0. The number of rotatable bonds is 11. The van der Waals surface area contributed by atoms with Crippen molar-refractivity contribution in [2.75, 3.05) is 20.3 Å². The summed E-state index contributed by atoms with van der Waals surface area (Å²) in [6.07, 6.45) is 5.02. The summed E-state index contributed by atoms with van der Waals surface area (Å²) in [5.41, 5.74) is -0.855. The first-order valence-corrected chi connectivity index (χ1v) is 7.18. The lowest BCUT2D eigenvalue weighted by Gasteiger charge is -2.25. The Morgan fingerprint density at radius 2 is 1.79 bits per heavy atom. The van der Waals surface area contributed by atoms with Crippen LogP contribution < -0.4 is 0 Å². The summed E-state index contributed by atoms with van der Waals surface area (Å²) in [5.74, 6) is -0.234. The van der Waals surface area contributed by atoms with Gasteiger partial charge in [0.15, 0.2) is 0 Å². The minimum absolute atomic E-state index is 0.115. The van der Waals surface area contributed by atoms with E-state index in [4.69, 9.17) is 9.47 Å². The number of Topliss-reactive ketones (excluding diaryl/α,β-unsaturated/α-hetero) is 1. The van der Waals surface area contributed by atoms with Gasteiger partial charge in [-0.25, -0.2) is 0 Å². The topological polar surface area (TPSA) is 52.6 Å². The molecule has 0 amide bonds. The summed E-state index contributed by atoms with van der Waals surface area (Å²) in [4.78, 5) is 23.9. The van der Waals surface area contributed by atoms with Crippen LogP contribution in [0.3, 0.4) is 0 Å². The van der Waals surface area contributed by atoms with Crippen molar-refractivity contribution in [1.82, 2.24) is 0 Å². The van der Waals surface area contributed by atoms with Crippen LogP contribution in [0.15, 0.2) is 0 Å². The third kappa shape index (κ3) is 7.31. The molecule has 0 N–H and O–H groups in total. The molecule has 0 aromatic carbocycles. The Kier molecular flexibility index (Phi) is 9.48. The maximum Gasteiger partial charge on any atom is 0.314 e. The van der Waals surface area contributed by atoms with Crippen molar-refractivity contribution < 1.29 is 19.1 Å². The summed E-state index contributed by atoms with van der Waals surface area (Å²) < 4.78 is 10.1. The van der Waals surface area contributed by atoms with E-state index in [2.05, 4.69) is 6.92 Å². The molecule has 0 aromatic rings. The maximum absolute atomic E-state index is 11.9. The van der Waals surface area contributed by atoms with Gasteiger partial charge in [0.1, 0.15) is 5.78 Å². The van der Waals surface area contributed by atoms with E-state index >= 15 is 0 Å². The van der Waals surface area contributed by atoms with Gasteiger partial charge < -0.3 is 9.47 Å². The van der Waals surface area contributed by atoms with Gasteiger partial charge in [-0.3, -0.25) is 9.59 Å². The summed E-state index contributed by atoms with van der Waals surface area (Å²) in [7, 11) is 1.53. The van der Waals surface area contributed by atoms with Gasteiger partial charge in [-0.15, -0.1) is 0 Å². The highest BCUT2D eigenvalue weighted by atomic mass is 16.5. The number of ether oxygens (including phenoxy) is 2. The molecule has 0 aliphatic heterocycles. The maximum atomic E-state index is 11.9. The largest absolute Gasteiger partial charge is 0.465 e. The molecule has 19 heavy (non-hydrogen) atoms. The smallest absolute Gasteiger partial charge is 0.314 e. The molecule has 0 bridgehead atoms. The molecular formula is C15H28O4. The minimum Gasteiger partial charge on any atom is -0.465 e. The molecule has 112 valence electrons. The van der Waals surface area contributed by atoms with E-state index in [1.807, 2.05) is 0 Å². The van der Waals surface area contributed by atoms with Crippen LogP contribution in [0, 0.1) is 5.41 Å². The van der Waals surface area contributed by atoms with Gasteiger partial charge in [-0.1, -0.05) is 26.2 Å². The predicted octanol–water partition coefficient (Wildman–Crippen LogP) is 3.13. The Bertz CT molecular complexity index is 275. The quantitative estimate of drug-likeness (QED) is 0.428. The second-order valence-electron chi connectivity index (χ2n) is 5.24. The number of hydrogen-bond acceptors (Lipinski definition) is 4. The van der Waals surface area contributed by atoms with E-state index in [0.717, 1.165) is 25.7 Å². The zero-order valence-electron chi connectivity index (χ0n) is 12.8. The van der Waals surface area contributed by atoms with Gasteiger partial charge in [0.2, 0.25) is 0 Å². The van der Waals surface area contributed by atoms with E-state index in [-0.39, 0.29) is 24.8 Å². The van der Waals surface area contributed by atoms with Crippen molar-refractivity contribution in [1.29, 1.82) is 0 Å². The van der Waals surface area contributed by atoms with Crippen LogP contribution in [0.2, 0.25) is 0 Å². The summed E-state index contributed by atoms with van der Waals surface area (Å²) >= 11 is 0.